The van der Waals surface area contributed by atoms with Gasteiger partial charge in [-0.05, 0) is 34.1 Å². The minimum atomic E-state index is -0.702. The SMILES string of the molecule is CCCCCn1cc(C(=O)OC(C)(C)C)c(C(=O)OCC)cc1=O. The topological polar surface area (TPSA) is 74.6 Å². The molecule has 1 heterocycles. The maximum atomic E-state index is 12.4. The molecule has 0 aliphatic heterocycles. The van der Waals surface area contributed by atoms with Crippen molar-refractivity contribution in [1.82, 2.24) is 4.57 Å². The van der Waals surface area contributed by atoms with Crippen LogP contribution in [-0.2, 0) is 16.0 Å². The van der Waals surface area contributed by atoms with Gasteiger partial charge in [-0.25, -0.2) is 9.59 Å². The predicted molar refractivity (Wildman–Crippen MR) is 91.4 cm³/mol. The van der Waals surface area contributed by atoms with Crippen LogP contribution in [0.1, 0.15) is 74.6 Å². The number of pyridine rings is 1. The third-order valence-corrected chi connectivity index (χ3v) is 3.24. The maximum Gasteiger partial charge on any atom is 0.341 e. The van der Waals surface area contributed by atoms with E-state index in [4.69, 9.17) is 9.47 Å². The highest BCUT2D eigenvalue weighted by molar-refractivity contribution is 6.02. The first-order valence-electron chi connectivity index (χ1n) is 8.34. The molecule has 0 saturated carbocycles. The van der Waals surface area contributed by atoms with E-state index in [1.54, 1.807) is 27.7 Å². The van der Waals surface area contributed by atoms with Gasteiger partial charge in [-0.3, -0.25) is 4.79 Å². The third kappa shape index (κ3) is 5.83. The first-order valence-corrected chi connectivity index (χ1v) is 8.34. The van der Waals surface area contributed by atoms with E-state index in [0.717, 1.165) is 25.3 Å². The Morgan fingerprint density at radius 3 is 2.29 bits per heavy atom. The van der Waals surface area contributed by atoms with E-state index in [1.807, 2.05) is 0 Å². The molecule has 0 radical (unpaired) electrons. The summed E-state index contributed by atoms with van der Waals surface area (Å²) in [6, 6.07) is 1.16. The number of ether oxygens (including phenoxy) is 2. The zero-order valence-electron chi connectivity index (χ0n) is 15.2. The van der Waals surface area contributed by atoms with Gasteiger partial charge < -0.3 is 14.0 Å². The minimum Gasteiger partial charge on any atom is -0.462 e. The summed E-state index contributed by atoms with van der Waals surface area (Å²) in [5.41, 5.74) is -1.03. The molecular formula is C18H27NO5. The second-order valence-corrected chi connectivity index (χ2v) is 6.56. The Kier molecular flexibility index (Phi) is 7.19. The van der Waals surface area contributed by atoms with E-state index in [2.05, 4.69) is 6.92 Å². The van der Waals surface area contributed by atoms with Crippen LogP contribution in [0.4, 0.5) is 0 Å². The lowest BCUT2D eigenvalue weighted by atomic mass is 10.1. The quantitative estimate of drug-likeness (QED) is 0.564. The molecule has 0 fully saturated rings. The van der Waals surface area contributed by atoms with Crippen LogP contribution in [0, 0.1) is 0 Å². The monoisotopic (exact) mass is 337 g/mol. The van der Waals surface area contributed by atoms with Crippen LogP contribution < -0.4 is 5.56 Å². The Balaban J connectivity index is 3.27. The Hall–Kier alpha value is -2.11. The van der Waals surface area contributed by atoms with E-state index < -0.39 is 17.5 Å². The molecule has 6 nitrogen and oxygen atoms in total. The molecule has 0 bridgehead atoms. The van der Waals surface area contributed by atoms with Gasteiger partial charge in [0.25, 0.3) is 5.56 Å². The number of esters is 2. The molecule has 0 aliphatic rings. The number of hydrogen-bond donors (Lipinski definition) is 0. The van der Waals surface area contributed by atoms with Crippen LogP contribution in [0.2, 0.25) is 0 Å². The Morgan fingerprint density at radius 2 is 1.75 bits per heavy atom. The molecule has 0 aliphatic carbocycles. The molecule has 6 heteroatoms. The summed E-state index contributed by atoms with van der Waals surface area (Å²) in [5, 5.41) is 0. The molecule has 0 saturated heterocycles. The molecule has 0 aromatic carbocycles. The summed E-state index contributed by atoms with van der Waals surface area (Å²) in [6.45, 7) is 9.61. The molecule has 24 heavy (non-hydrogen) atoms. The van der Waals surface area contributed by atoms with E-state index >= 15 is 0 Å². The molecule has 1 aromatic heterocycles. The summed E-state index contributed by atoms with van der Waals surface area (Å²) < 4.78 is 11.7. The Labute approximate surface area is 142 Å². The summed E-state index contributed by atoms with van der Waals surface area (Å²) in [6.07, 6.45) is 4.23. The number of carbonyl (C=O) groups is 2. The van der Waals surface area contributed by atoms with E-state index in [9.17, 15) is 14.4 Å². The highest BCUT2D eigenvalue weighted by Crippen LogP contribution is 2.16. The summed E-state index contributed by atoms with van der Waals surface area (Å²) in [4.78, 5) is 36.7. The first-order chi connectivity index (χ1) is 11.2. The van der Waals surface area contributed by atoms with Crippen molar-refractivity contribution >= 4 is 11.9 Å². The lowest BCUT2D eigenvalue weighted by Crippen LogP contribution is -2.29. The average Bonchev–Trinajstić information content (AvgIpc) is 2.47. The fraction of sp³-hybridized carbons (Fsp3) is 0.611. The van der Waals surface area contributed by atoms with Gasteiger partial charge in [0.05, 0.1) is 17.7 Å². The molecule has 0 spiro atoms. The zero-order valence-corrected chi connectivity index (χ0v) is 15.2. The van der Waals surface area contributed by atoms with Crippen molar-refractivity contribution in [3.05, 3.63) is 33.7 Å². The van der Waals surface area contributed by atoms with E-state index in [0.29, 0.717) is 6.54 Å². The zero-order chi connectivity index (χ0) is 18.3. The largest absolute Gasteiger partial charge is 0.462 e. The minimum absolute atomic E-state index is 0.0529. The van der Waals surface area contributed by atoms with Gasteiger partial charge in [-0.1, -0.05) is 19.8 Å². The van der Waals surface area contributed by atoms with Crippen molar-refractivity contribution in [2.45, 2.75) is 66.0 Å². The van der Waals surface area contributed by atoms with Gasteiger partial charge in [-0.15, -0.1) is 0 Å². The second-order valence-electron chi connectivity index (χ2n) is 6.56. The average molecular weight is 337 g/mol. The van der Waals surface area contributed by atoms with Crippen molar-refractivity contribution in [1.29, 1.82) is 0 Å². The van der Waals surface area contributed by atoms with Crippen LogP contribution in [-0.4, -0.2) is 28.7 Å². The summed E-state index contributed by atoms with van der Waals surface area (Å²) in [5.74, 6) is -1.34. The van der Waals surface area contributed by atoms with Crippen molar-refractivity contribution in [3.63, 3.8) is 0 Å². The van der Waals surface area contributed by atoms with Crippen LogP contribution in [0.15, 0.2) is 17.1 Å². The maximum absolute atomic E-state index is 12.4. The molecule has 0 amide bonds. The first kappa shape index (κ1) is 19.9. The van der Waals surface area contributed by atoms with Gasteiger partial charge in [0.15, 0.2) is 0 Å². The van der Waals surface area contributed by atoms with Crippen LogP contribution in [0.5, 0.6) is 0 Å². The van der Waals surface area contributed by atoms with Gasteiger partial charge in [-0.2, -0.15) is 0 Å². The molecule has 0 atom stereocenters. The lowest BCUT2D eigenvalue weighted by molar-refractivity contribution is 0.00632. The van der Waals surface area contributed by atoms with Crippen LogP contribution in [0.3, 0.4) is 0 Å². The number of aromatic nitrogens is 1. The van der Waals surface area contributed by atoms with E-state index in [-0.39, 0.29) is 23.3 Å². The van der Waals surface area contributed by atoms with Gasteiger partial charge >= 0.3 is 11.9 Å². The molecule has 1 aromatic rings. The Morgan fingerprint density at radius 1 is 1.08 bits per heavy atom. The highest BCUT2D eigenvalue weighted by atomic mass is 16.6. The summed E-state index contributed by atoms with van der Waals surface area (Å²) in [7, 11) is 0. The highest BCUT2D eigenvalue weighted by Gasteiger charge is 2.25. The summed E-state index contributed by atoms with van der Waals surface area (Å²) >= 11 is 0. The molecule has 0 N–H and O–H groups in total. The molecule has 0 unspecified atom stereocenters. The van der Waals surface area contributed by atoms with Crippen molar-refractivity contribution in [3.8, 4) is 0 Å². The van der Waals surface area contributed by atoms with Crippen molar-refractivity contribution in [2.75, 3.05) is 6.61 Å². The number of unbranched alkanes of at least 4 members (excludes halogenated alkanes) is 2. The van der Waals surface area contributed by atoms with Crippen LogP contribution in [0.25, 0.3) is 0 Å². The fourth-order valence-electron chi connectivity index (χ4n) is 2.15. The Bertz CT molecular complexity index is 640. The third-order valence-electron chi connectivity index (χ3n) is 3.24. The lowest BCUT2D eigenvalue weighted by Gasteiger charge is -2.20. The van der Waals surface area contributed by atoms with E-state index in [1.165, 1.54) is 10.8 Å². The second kappa shape index (κ2) is 8.66. The number of rotatable bonds is 7. The van der Waals surface area contributed by atoms with Crippen molar-refractivity contribution < 1.29 is 19.1 Å². The van der Waals surface area contributed by atoms with Crippen LogP contribution >= 0.6 is 0 Å². The predicted octanol–water partition coefficient (Wildman–Crippen LogP) is 3.17. The van der Waals surface area contributed by atoms with Gasteiger partial charge in [0, 0.05) is 18.8 Å². The molecule has 1 rings (SSSR count). The molecular weight excluding hydrogens is 310 g/mol. The fourth-order valence-corrected chi connectivity index (χ4v) is 2.15. The number of nitrogens with zero attached hydrogens (tertiary/aromatic N) is 1. The van der Waals surface area contributed by atoms with Crippen molar-refractivity contribution in [2.24, 2.45) is 0 Å². The number of hydrogen-bond acceptors (Lipinski definition) is 5. The number of carbonyl (C=O) groups excluding carboxylic acids is 2. The van der Waals surface area contributed by atoms with Gasteiger partial charge in [0.1, 0.15) is 5.60 Å². The number of aryl methyl sites for hydroxylation is 1. The van der Waals surface area contributed by atoms with Gasteiger partial charge in [0.2, 0.25) is 0 Å². The standard InChI is InChI=1S/C18H27NO5/c1-6-8-9-10-19-12-14(17(22)24-18(3,4)5)13(11-15(19)20)16(21)23-7-2/h11-12H,6-10H2,1-5H3. The smallest absolute Gasteiger partial charge is 0.341 e. The normalized spacial score (nSPS) is 11.2. The molecule has 134 valence electrons.